The summed E-state index contributed by atoms with van der Waals surface area (Å²) in [4.78, 5) is 0. The quantitative estimate of drug-likeness (QED) is 0.854. The van der Waals surface area contributed by atoms with Crippen molar-refractivity contribution in [2.24, 2.45) is 5.92 Å². The van der Waals surface area contributed by atoms with Crippen molar-refractivity contribution in [1.29, 1.82) is 0 Å². The molecule has 0 radical (unpaired) electrons. The van der Waals surface area contributed by atoms with Crippen LogP contribution in [0.15, 0.2) is 12.1 Å². The van der Waals surface area contributed by atoms with Gasteiger partial charge in [-0.05, 0) is 62.1 Å². The van der Waals surface area contributed by atoms with Gasteiger partial charge in [0.15, 0.2) is 0 Å². The highest BCUT2D eigenvalue weighted by molar-refractivity contribution is 5.42. The minimum atomic E-state index is 0.435. The standard InChI is InChI=1S/C16H25NO/c1-11-4-6-15(7-5-11)17-10-14-8-12(2)16(18)13(3)9-14/h8-9,11,15,17-18H,4-7,10H2,1-3H3. The molecule has 0 bridgehead atoms. The Hall–Kier alpha value is -1.02. The number of rotatable bonds is 3. The largest absolute Gasteiger partial charge is 0.507 e. The molecule has 0 aromatic heterocycles. The Morgan fingerprint density at radius 3 is 2.22 bits per heavy atom. The Morgan fingerprint density at radius 2 is 1.67 bits per heavy atom. The van der Waals surface area contributed by atoms with Crippen LogP contribution in [0.1, 0.15) is 49.3 Å². The molecule has 1 saturated carbocycles. The van der Waals surface area contributed by atoms with Gasteiger partial charge in [0.1, 0.15) is 5.75 Å². The molecule has 1 aliphatic rings. The maximum atomic E-state index is 9.76. The summed E-state index contributed by atoms with van der Waals surface area (Å²) in [5, 5.41) is 13.4. The molecule has 1 aromatic carbocycles. The maximum Gasteiger partial charge on any atom is 0.121 e. The molecule has 0 spiro atoms. The molecule has 0 unspecified atom stereocenters. The first kappa shape index (κ1) is 13.4. The lowest BCUT2D eigenvalue weighted by molar-refractivity contribution is 0.306. The van der Waals surface area contributed by atoms with E-state index < -0.39 is 0 Å². The predicted octanol–water partition coefficient (Wildman–Crippen LogP) is 3.68. The zero-order valence-electron chi connectivity index (χ0n) is 11.8. The zero-order valence-corrected chi connectivity index (χ0v) is 11.8. The lowest BCUT2D eigenvalue weighted by Crippen LogP contribution is -2.32. The molecule has 2 heteroatoms. The summed E-state index contributed by atoms with van der Waals surface area (Å²) in [6.45, 7) is 7.20. The van der Waals surface area contributed by atoms with E-state index in [9.17, 15) is 5.11 Å². The summed E-state index contributed by atoms with van der Waals surface area (Å²) in [7, 11) is 0. The predicted molar refractivity (Wildman–Crippen MR) is 75.8 cm³/mol. The molecule has 1 aliphatic carbocycles. The smallest absolute Gasteiger partial charge is 0.121 e. The second kappa shape index (κ2) is 5.75. The molecule has 1 aromatic rings. The first-order valence-corrected chi connectivity index (χ1v) is 7.08. The molecule has 2 nitrogen and oxygen atoms in total. The van der Waals surface area contributed by atoms with Crippen molar-refractivity contribution >= 4 is 0 Å². The fourth-order valence-corrected chi connectivity index (χ4v) is 2.87. The van der Waals surface area contributed by atoms with Crippen LogP contribution >= 0.6 is 0 Å². The van der Waals surface area contributed by atoms with Crippen molar-refractivity contribution in [2.45, 2.75) is 59.0 Å². The molecule has 0 amide bonds. The zero-order chi connectivity index (χ0) is 13.1. The van der Waals surface area contributed by atoms with E-state index in [4.69, 9.17) is 0 Å². The summed E-state index contributed by atoms with van der Waals surface area (Å²) >= 11 is 0. The SMILES string of the molecule is Cc1cc(CNC2CCC(C)CC2)cc(C)c1O. The Balaban J connectivity index is 1.90. The Bertz CT molecular complexity index is 383. The molecule has 0 aliphatic heterocycles. The average molecular weight is 247 g/mol. The van der Waals surface area contributed by atoms with E-state index in [1.165, 1.54) is 31.2 Å². The highest BCUT2D eigenvalue weighted by Crippen LogP contribution is 2.25. The molecule has 2 rings (SSSR count). The third kappa shape index (κ3) is 3.26. The van der Waals surface area contributed by atoms with E-state index in [1.54, 1.807) is 0 Å². The third-order valence-corrected chi connectivity index (χ3v) is 4.16. The highest BCUT2D eigenvalue weighted by atomic mass is 16.3. The number of phenolic OH excluding ortho intramolecular Hbond substituents is 1. The van der Waals surface area contributed by atoms with Gasteiger partial charge in [0.2, 0.25) is 0 Å². The third-order valence-electron chi connectivity index (χ3n) is 4.16. The number of nitrogens with one attached hydrogen (secondary N) is 1. The van der Waals surface area contributed by atoms with E-state index in [-0.39, 0.29) is 0 Å². The van der Waals surface area contributed by atoms with Gasteiger partial charge in [-0.2, -0.15) is 0 Å². The van der Waals surface area contributed by atoms with Crippen LogP contribution in [0.25, 0.3) is 0 Å². The average Bonchev–Trinajstić information content (AvgIpc) is 2.35. The lowest BCUT2D eigenvalue weighted by atomic mass is 9.87. The number of aromatic hydroxyl groups is 1. The van der Waals surface area contributed by atoms with E-state index in [0.29, 0.717) is 11.8 Å². The lowest BCUT2D eigenvalue weighted by Gasteiger charge is -2.27. The normalized spacial score (nSPS) is 24.2. The molecular formula is C16H25NO. The van der Waals surface area contributed by atoms with Crippen LogP contribution in [0.2, 0.25) is 0 Å². The maximum absolute atomic E-state index is 9.76. The second-order valence-electron chi connectivity index (χ2n) is 5.92. The minimum absolute atomic E-state index is 0.435. The molecule has 2 N–H and O–H groups in total. The van der Waals surface area contributed by atoms with Crippen LogP contribution in [-0.2, 0) is 6.54 Å². The van der Waals surface area contributed by atoms with Gasteiger partial charge in [-0.25, -0.2) is 0 Å². The van der Waals surface area contributed by atoms with Gasteiger partial charge in [-0.1, -0.05) is 19.1 Å². The summed E-state index contributed by atoms with van der Waals surface area (Å²) in [6, 6.07) is 4.84. The first-order valence-electron chi connectivity index (χ1n) is 7.08. The van der Waals surface area contributed by atoms with Crippen molar-refractivity contribution in [3.63, 3.8) is 0 Å². The summed E-state index contributed by atoms with van der Waals surface area (Å²) in [5.74, 6) is 1.34. The Labute approximate surface area is 110 Å². The fourth-order valence-electron chi connectivity index (χ4n) is 2.87. The fraction of sp³-hybridized carbons (Fsp3) is 0.625. The van der Waals surface area contributed by atoms with E-state index in [2.05, 4.69) is 24.4 Å². The van der Waals surface area contributed by atoms with Gasteiger partial charge >= 0.3 is 0 Å². The van der Waals surface area contributed by atoms with Crippen LogP contribution in [0.5, 0.6) is 5.75 Å². The van der Waals surface area contributed by atoms with Gasteiger partial charge in [0.25, 0.3) is 0 Å². The van der Waals surface area contributed by atoms with Crippen LogP contribution in [-0.4, -0.2) is 11.1 Å². The Kier molecular flexibility index (Phi) is 4.28. The highest BCUT2D eigenvalue weighted by Gasteiger charge is 2.17. The van der Waals surface area contributed by atoms with Gasteiger partial charge in [-0.3, -0.25) is 0 Å². The summed E-state index contributed by atoms with van der Waals surface area (Å²) < 4.78 is 0. The molecule has 0 saturated heterocycles. The summed E-state index contributed by atoms with van der Waals surface area (Å²) in [6.07, 6.45) is 5.31. The number of hydrogen-bond donors (Lipinski definition) is 2. The van der Waals surface area contributed by atoms with Gasteiger partial charge in [0.05, 0.1) is 0 Å². The number of benzene rings is 1. The van der Waals surface area contributed by atoms with Gasteiger partial charge in [0, 0.05) is 12.6 Å². The molecular weight excluding hydrogens is 222 g/mol. The molecule has 0 heterocycles. The molecule has 0 atom stereocenters. The van der Waals surface area contributed by atoms with Crippen molar-refractivity contribution in [3.05, 3.63) is 28.8 Å². The van der Waals surface area contributed by atoms with Crippen molar-refractivity contribution in [1.82, 2.24) is 5.32 Å². The van der Waals surface area contributed by atoms with Crippen molar-refractivity contribution in [3.8, 4) is 5.75 Å². The van der Waals surface area contributed by atoms with Gasteiger partial charge in [-0.15, -0.1) is 0 Å². The van der Waals surface area contributed by atoms with Crippen LogP contribution in [0.4, 0.5) is 0 Å². The van der Waals surface area contributed by atoms with Gasteiger partial charge < -0.3 is 10.4 Å². The van der Waals surface area contributed by atoms with Crippen molar-refractivity contribution < 1.29 is 5.11 Å². The second-order valence-corrected chi connectivity index (χ2v) is 5.92. The number of aryl methyl sites for hydroxylation is 2. The number of hydrogen-bond acceptors (Lipinski definition) is 2. The van der Waals surface area contributed by atoms with E-state index in [0.717, 1.165) is 23.6 Å². The summed E-state index contributed by atoms with van der Waals surface area (Å²) in [5.41, 5.74) is 3.23. The van der Waals surface area contributed by atoms with E-state index >= 15 is 0 Å². The molecule has 100 valence electrons. The number of phenols is 1. The molecule has 18 heavy (non-hydrogen) atoms. The topological polar surface area (TPSA) is 32.3 Å². The molecule has 1 fully saturated rings. The van der Waals surface area contributed by atoms with Crippen LogP contribution in [0, 0.1) is 19.8 Å². The Morgan fingerprint density at radius 1 is 1.11 bits per heavy atom. The van der Waals surface area contributed by atoms with Crippen molar-refractivity contribution in [2.75, 3.05) is 0 Å². The minimum Gasteiger partial charge on any atom is -0.507 e. The van der Waals surface area contributed by atoms with Crippen LogP contribution in [0.3, 0.4) is 0 Å². The van der Waals surface area contributed by atoms with E-state index in [1.807, 2.05) is 13.8 Å². The monoisotopic (exact) mass is 247 g/mol. The van der Waals surface area contributed by atoms with Crippen LogP contribution < -0.4 is 5.32 Å². The first-order chi connectivity index (χ1) is 8.56.